The number of halogens is 1. The lowest BCUT2D eigenvalue weighted by molar-refractivity contribution is 1.09. The molecule has 0 aliphatic carbocycles. The Labute approximate surface area is 185 Å². The van der Waals surface area contributed by atoms with Crippen molar-refractivity contribution in [2.45, 2.75) is 0 Å². The van der Waals surface area contributed by atoms with Gasteiger partial charge in [-0.1, -0.05) is 107 Å². The van der Waals surface area contributed by atoms with Gasteiger partial charge in [0.1, 0.15) is 0 Å². The van der Waals surface area contributed by atoms with Gasteiger partial charge >= 0.3 is 0 Å². The van der Waals surface area contributed by atoms with E-state index in [4.69, 9.17) is 0 Å². The van der Waals surface area contributed by atoms with Gasteiger partial charge in [-0.15, -0.1) is 0 Å². The summed E-state index contributed by atoms with van der Waals surface area (Å²) in [6, 6.07) is 42.7. The second-order valence-electron chi connectivity index (χ2n) is 7.21. The van der Waals surface area contributed by atoms with Gasteiger partial charge in [0.25, 0.3) is 0 Å². The summed E-state index contributed by atoms with van der Waals surface area (Å²) in [5.41, 5.74) is 8.31. The van der Waals surface area contributed by atoms with Gasteiger partial charge in [-0.3, -0.25) is 0 Å². The van der Waals surface area contributed by atoms with Crippen LogP contribution in [0, 0.1) is 0 Å². The van der Waals surface area contributed by atoms with Gasteiger partial charge in [-0.05, 0) is 47.0 Å². The molecule has 144 valence electrons. The van der Waals surface area contributed by atoms with Crippen molar-refractivity contribution in [2.24, 2.45) is 0 Å². The molecular formula is C28H20BrN. The van der Waals surface area contributed by atoms with Crippen LogP contribution < -0.4 is 0 Å². The summed E-state index contributed by atoms with van der Waals surface area (Å²) in [4.78, 5) is 0. The van der Waals surface area contributed by atoms with Crippen molar-refractivity contribution in [3.8, 4) is 39.3 Å². The van der Waals surface area contributed by atoms with Crippen LogP contribution in [0.1, 0.15) is 0 Å². The zero-order chi connectivity index (χ0) is 20.3. The summed E-state index contributed by atoms with van der Waals surface area (Å²) in [6.45, 7) is 0. The summed E-state index contributed by atoms with van der Waals surface area (Å²) in [6.07, 6.45) is 0. The third kappa shape index (κ3) is 3.51. The molecule has 0 saturated carbocycles. The molecule has 0 aliphatic rings. The molecule has 1 aromatic heterocycles. The minimum Gasteiger partial charge on any atom is -0.309 e. The standard InChI is InChI=1S/C28H20BrN/c29-24-16-10-15-23(19-24)27-20-26(21-11-4-1-5-12-21)28(22-13-6-2-7-14-22)30(27)25-17-8-3-9-18-25/h1-20H. The van der Waals surface area contributed by atoms with Crippen LogP contribution in [0.5, 0.6) is 0 Å². The molecule has 0 spiro atoms. The first kappa shape index (κ1) is 18.7. The van der Waals surface area contributed by atoms with E-state index in [0.29, 0.717) is 0 Å². The number of benzene rings is 4. The topological polar surface area (TPSA) is 4.93 Å². The maximum atomic E-state index is 3.65. The van der Waals surface area contributed by atoms with E-state index in [1.165, 1.54) is 33.6 Å². The lowest BCUT2D eigenvalue weighted by atomic mass is 10.0. The highest BCUT2D eigenvalue weighted by Crippen LogP contribution is 2.41. The van der Waals surface area contributed by atoms with Gasteiger partial charge in [0.15, 0.2) is 0 Å². The Bertz CT molecular complexity index is 1270. The molecule has 30 heavy (non-hydrogen) atoms. The first-order valence-corrected chi connectivity index (χ1v) is 10.8. The second-order valence-corrected chi connectivity index (χ2v) is 8.12. The highest BCUT2D eigenvalue weighted by molar-refractivity contribution is 9.10. The van der Waals surface area contributed by atoms with Crippen molar-refractivity contribution in [1.29, 1.82) is 0 Å². The molecule has 5 aromatic rings. The molecule has 5 rings (SSSR count). The SMILES string of the molecule is Brc1cccc(-c2cc(-c3ccccc3)c(-c3ccccc3)n2-c2ccccc2)c1. The van der Waals surface area contributed by atoms with Crippen LogP contribution in [0.4, 0.5) is 0 Å². The Morgan fingerprint density at radius 1 is 0.500 bits per heavy atom. The van der Waals surface area contributed by atoms with Crippen molar-refractivity contribution in [3.05, 3.63) is 126 Å². The van der Waals surface area contributed by atoms with Crippen molar-refractivity contribution in [1.82, 2.24) is 4.57 Å². The van der Waals surface area contributed by atoms with E-state index < -0.39 is 0 Å². The summed E-state index contributed by atoms with van der Waals surface area (Å²) in [7, 11) is 0. The first-order chi connectivity index (χ1) is 14.8. The molecule has 4 aromatic carbocycles. The predicted octanol–water partition coefficient (Wildman–Crippen LogP) is 8.24. The molecule has 0 radical (unpaired) electrons. The molecule has 0 bridgehead atoms. The van der Waals surface area contributed by atoms with Crippen LogP contribution in [0.3, 0.4) is 0 Å². The molecule has 0 saturated heterocycles. The first-order valence-electron chi connectivity index (χ1n) is 9.99. The molecule has 0 amide bonds. The summed E-state index contributed by atoms with van der Waals surface area (Å²) in [5.74, 6) is 0. The van der Waals surface area contributed by atoms with E-state index in [1.807, 2.05) is 0 Å². The van der Waals surface area contributed by atoms with Crippen LogP contribution >= 0.6 is 15.9 Å². The Morgan fingerprint density at radius 3 is 1.70 bits per heavy atom. The number of nitrogens with zero attached hydrogens (tertiary/aromatic N) is 1. The van der Waals surface area contributed by atoms with Gasteiger partial charge in [-0.25, -0.2) is 0 Å². The molecule has 0 N–H and O–H groups in total. The van der Waals surface area contributed by atoms with Crippen molar-refractivity contribution >= 4 is 15.9 Å². The average Bonchev–Trinajstić information content (AvgIpc) is 3.22. The zero-order valence-electron chi connectivity index (χ0n) is 16.4. The average molecular weight is 450 g/mol. The van der Waals surface area contributed by atoms with Gasteiger partial charge in [0, 0.05) is 15.7 Å². The fraction of sp³-hybridized carbons (Fsp3) is 0. The van der Waals surface area contributed by atoms with Crippen molar-refractivity contribution < 1.29 is 0 Å². The normalized spacial score (nSPS) is 10.8. The lowest BCUT2D eigenvalue weighted by Crippen LogP contribution is -1.99. The number of hydrogen-bond donors (Lipinski definition) is 0. The number of hydrogen-bond acceptors (Lipinski definition) is 0. The second kappa shape index (κ2) is 8.17. The Morgan fingerprint density at radius 2 is 1.07 bits per heavy atom. The third-order valence-corrected chi connectivity index (χ3v) is 5.76. The van der Waals surface area contributed by atoms with Gasteiger partial charge in [-0.2, -0.15) is 0 Å². The van der Waals surface area contributed by atoms with E-state index >= 15 is 0 Å². The van der Waals surface area contributed by atoms with Gasteiger partial charge in [0.05, 0.1) is 11.4 Å². The molecule has 0 atom stereocenters. The quantitative estimate of drug-likeness (QED) is 0.260. The highest BCUT2D eigenvalue weighted by atomic mass is 79.9. The smallest absolute Gasteiger partial charge is 0.0613 e. The van der Waals surface area contributed by atoms with Crippen LogP contribution in [0.2, 0.25) is 0 Å². The van der Waals surface area contributed by atoms with Crippen LogP contribution in [-0.4, -0.2) is 4.57 Å². The maximum absolute atomic E-state index is 3.65. The van der Waals surface area contributed by atoms with E-state index in [9.17, 15) is 0 Å². The molecule has 0 aliphatic heterocycles. The van der Waals surface area contributed by atoms with E-state index in [2.05, 4.69) is 142 Å². The van der Waals surface area contributed by atoms with E-state index in [-0.39, 0.29) is 0 Å². The minimum atomic E-state index is 1.07. The molecule has 0 fully saturated rings. The highest BCUT2D eigenvalue weighted by Gasteiger charge is 2.20. The maximum Gasteiger partial charge on any atom is 0.0613 e. The molecule has 2 heteroatoms. The Balaban J connectivity index is 1.89. The Kier molecular flexibility index (Phi) is 5.08. The summed E-state index contributed by atoms with van der Waals surface area (Å²) < 4.78 is 3.45. The summed E-state index contributed by atoms with van der Waals surface area (Å²) >= 11 is 3.65. The molecule has 1 heterocycles. The fourth-order valence-corrected chi connectivity index (χ4v) is 4.33. The zero-order valence-corrected chi connectivity index (χ0v) is 18.0. The fourth-order valence-electron chi connectivity index (χ4n) is 3.93. The van der Waals surface area contributed by atoms with E-state index in [1.54, 1.807) is 0 Å². The monoisotopic (exact) mass is 449 g/mol. The minimum absolute atomic E-state index is 1.07. The molecule has 0 unspecified atom stereocenters. The predicted molar refractivity (Wildman–Crippen MR) is 130 cm³/mol. The summed E-state index contributed by atoms with van der Waals surface area (Å²) in [5, 5.41) is 0. The Hall–Kier alpha value is -3.36. The number of rotatable bonds is 4. The van der Waals surface area contributed by atoms with Crippen molar-refractivity contribution in [2.75, 3.05) is 0 Å². The third-order valence-electron chi connectivity index (χ3n) is 5.27. The van der Waals surface area contributed by atoms with Crippen LogP contribution in [-0.2, 0) is 0 Å². The van der Waals surface area contributed by atoms with Crippen molar-refractivity contribution in [3.63, 3.8) is 0 Å². The van der Waals surface area contributed by atoms with Gasteiger partial charge < -0.3 is 4.57 Å². The molecular weight excluding hydrogens is 430 g/mol. The number of para-hydroxylation sites is 1. The van der Waals surface area contributed by atoms with Crippen LogP contribution in [0.25, 0.3) is 39.3 Å². The lowest BCUT2D eigenvalue weighted by Gasteiger charge is -2.15. The van der Waals surface area contributed by atoms with E-state index in [0.717, 1.165) is 10.2 Å². The largest absolute Gasteiger partial charge is 0.309 e. The van der Waals surface area contributed by atoms with Gasteiger partial charge in [0.2, 0.25) is 0 Å². The number of aromatic nitrogens is 1. The molecule has 1 nitrogen and oxygen atoms in total. The van der Waals surface area contributed by atoms with Crippen LogP contribution in [0.15, 0.2) is 126 Å².